The number of rotatable bonds is 6. The van der Waals surface area contributed by atoms with Crippen molar-refractivity contribution in [1.82, 2.24) is 14.9 Å². The summed E-state index contributed by atoms with van der Waals surface area (Å²) >= 11 is 0. The zero-order valence-electron chi connectivity index (χ0n) is 14.8. The fourth-order valence-corrected chi connectivity index (χ4v) is 3.24. The van der Waals surface area contributed by atoms with E-state index in [4.69, 9.17) is 4.74 Å². The Balaban J connectivity index is 1.79. The van der Waals surface area contributed by atoms with E-state index < -0.39 is 0 Å². The summed E-state index contributed by atoms with van der Waals surface area (Å²) in [7, 11) is 0. The SMILES string of the molecule is CCCc1nc2c(c(=O)[nH]1)CCN(Cc1cccc(OCC)c1O)C2. The zero-order valence-corrected chi connectivity index (χ0v) is 14.8. The van der Waals surface area contributed by atoms with Crippen LogP contribution >= 0.6 is 0 Å². The molecule has 3 rings (SSSR count). The number of nitrogens with zero attached hydrogens (tertiary/aromatic N) is 2. The molecule has 0 saturated heterocycles. The second kappa shape index (κ2) is 7.70. The molecule has 6 heteroatoms. The summed E-state index contributed by atoms with van der Waals surface area (Å²) in [6.07, 6.45) is 2.40. The number of aromatic nitrogens is 2. The summed E-state index contributed by atoms with van der Waals surface area (Å²) in [6.45, 7) is 6.47. The molecule has 0 aliphatic carbocycles. The van der Waals surface area contributed by atoms with Crippen molar-refractivity contribution in [1.29, 1.82) is 0 Å². The molecule has 1 aliphatic heterocycles. The molecule has 2 N–H and O–H groups in total. The first-order valence-corrected chi connectivity index (χ1v) is 8.89. The highest BCUT2D eigenvalue weighted by Gasteiger charge is 2.22. The Morgan fingerprint density at radius 1 is 1.36 bits per heavy atom. The van der Waals surface area contributed by atoms with Crippen molar-refractivity contribution < 1.29 is 9.84 Å². The Morgan fingerprint density at radius 2 is 2.20 bits per heavy atom. The van der Waals surface area contributed by atoms with Gasteiger partial charge in [-0.1, -0.05) is 19.1 Å². The van der Waals surface area contributed by atoms with Crippen molar-refractivity contribution in [2.75, 3.05) is 13.2 Å². The predicted molar refractivity (Wildman–Crippen MR) is 95.9 cm³/mol. The summed E-state index contributed by atoms with van der Waals surface area (Å²) in [5, 5.41) is 10.4. The van der Waals surface area contributed by atoms with E-state index in [-0.39, 0.29) is 11.3 Å². The number of phenols is 1. The molecule has 1 aromatic carbocycles. The van der Waals surface area contributed by atoms with Crippen LogP contribution in [0.1, 0.15) is 42.9 Å². The molecular formula is C19H25N3O3. The Labute approximate surface area is 147 Å². The standard InChI is InChI=1S/C19H25N3O3/c1-3-6-17-20-15-12-22(10-9-14(15)19(24)21-17)11-13-7-5-8-16(18(13)23)25-4-2/h5,7-8,23H,3-4,6,9-12H2,1-2H3,(H,20,21,24). The Hall–Kier alpha value is -2.34. The molecule has 25 heavy (non-hydrogen) atoms. The third kappa shape index (κ3) is 3.85. The largest absolute Gasteiger partial charge is 0.504 e. The lowest BCUT2D eigenvalue weighted by Crippen LogP contribution is -2.35. The highest BCUT2D eigenvalue weighted by Crippen LogP contribution is 2.31. The Morgan fingerprint density at radius 3 is 2.96 bits per heavy atom. The molecule has 0 unspecified atom stereocenters. The van der Waals surface area contributed by atoms with Crippen LogP contribution < -0.4 is 10.3 Å². The second-order valence-electron chi connectivity index (χ2n) is 6.35. The summed E-state index contributed by atoms with van der Waals surface area (Å²) in [6, 6.07) is 5.56. The van der Waals surface area contributed by atoms with Gasteiger partial charge in [-0.15, -0.1) is 0 Å². The molecule has 2 heterocycles. The van der Waals surface area contributed by atoms with Gasteiger partial charge in [0, 0.05) is 37.2 Å². The number of para-hydroxylation sites is 1. The highest BCUT2D eigenvalue weighted by molar-refractivity contribution is 5.45. The molecule has 0 fully saturated rings. The molecule has 0 atom stereocenters. The summed E-state index contributed by atoms with van der Waals surface area (Å²) in [5.41, 5.74) is 2.48. The van der Waals surface area contributed by atoms with E-state index in [1.165, 1.54) is 0 Å². The van der Waals surface area contributed by atoms with Gasteiger partial charge in [-0.05, 0) is 25.8 Å². The van der Waals surface area contributed by atoms with Crippen LogP contribution in [0.15, 0.2) is 23.0 Å². The first kappa shape index (κ1) is 17.5. The average Bonchev–Trinajstić information content (AvgIpc) is 2.59. The van der Waals surface area contributed by atoms with E-state index in [0.717, 1.165) is 42.0 Å². The zero-order chi connectivity index (χ0) is 17.8. The lowest BCUT2D eigenvalue weighted by Gasteiger charge is -2.28. The van der Waals surface area contributed by atoms with Crippen LogP contribution in [0.25, 0.3) is 0 Å². The number of benzene rings is 1. The van der Waals surface area contributed by atoms with Crippen LogP contribution in [0.5, 0.6) is 11.5 Å². The Kier molecular flexibility index (Phi) is 5.38. The normalized spacial score (nSPS) is 14.3. The minimum absolute atomic E-state index is 0.00529. The van der Waals surface area contributed by atoms with Crippen LogP contribution in [0, 0.1) is 0 Å². The Bertz CT molecular complexity index is 801. The van der Waals surface area contributed by atoms with Gasteiger partial charge in [0.05, 0.1) is 12.3 Å². The molecule has 0 amide bonds. The molecule has 6 nitrogen and oxygen atoms in total. The number of ether oxygens (including phenoxy) is 1. The van der Waals surface area contributed by atoms with E-state index >= 15 is 0 Å². The van der Waals surface area contributed by atoms with Crippen LogP contribution in [0.4, 0.5) is 0 Å². The smallest absolute Gasteiger partial charge is 0.254 e. The lowest BCUT2D eigenvalue weighted by atomic mass is 10.0. The number of phenolic OH excluding ortho intramolecular Hbond substituents is 1. The van der Waals surface area contributed by atoms with Crippen LogP contribution in [0.2, 0.25) is 0 Å². The number of aryl methyl sites for hydroxylation is 1. The third-order valence-electron chi connectivity index (χ3n) is 4.46. The van der Waals surface area contributed by atoms with Crippen molar-refractivity contribution in [3.63, 3.8) is 0 Å². The number of aromatic amines is 1. The van der Waals surface area contributed by atoms with E-state index in [2.05, 4.69) is 21.8 Å². The molecule has 0 saturated carbocycles. The van der Waals surface area contributed by atoms with E-state index in [1.807, 2.05) is 19.1 Å². The van der Waals surface area contributed by atoms with Crippen LogP contribution in [0.3, 0.4) is 0 Å². The van der Waals surface area contributed by atoms with Gasteiger partial charge in [0.1, 0.15) is 5.82 Å². The molecule has 0 bridgehead atoms. The van der Waals surface area contributed by atoms with Crippen molar-refractivity contribution in [3.05, 3.63) is 51.2 Å². The van der Waals surface area contributed by atoms with Gasteiger partial charge < -0.3 is 14.8 Å². The number of fused-ring (bicyclic) bond motifs is 1. The maximum atomic E-state index is 12.2. The molecule has 1 aliphatic rings. The quantitative estimate of drug-likeness (QED) is 0.842. The van der Waals surface area contributed by atoms with Gasteiger partial charge in [0.25, 0.3) is 5.56 Å². The van der Waals surface area contributed by atoms with Crippen molar-refractivity contribution in [2.24, 2.45) is 0 Å². The maximum Gasteiger partial charge on any atom is 0.254 e. The fraction of sp³-hybridized carbons (Fsp3) is 0.474. The number of hydrogen-bond donors (Lipinski definition) is 2. The number of hydrogen-bond acceptors (Lipinski definition) is 5. The fourth-order valence-electron chi connectivity index (χ4n) is 3.24. The van der Waals surface area contributed by atoms with E-state index in [9.17, 15) is 9.90 Å². The monoisotopic (exact) mass is 343 g/mol. The maximum absolute atomic E-state index is 12.2. The molecule has 1 aromatic heterocycles. The van der Waals surface area contributed by atoms with Crippen molar-refractivity contribution >= 4 is 0 Å². The van der Waals surface area contributed by atoms with Gasteiger partial charge >= 0.3 is 0 Å². The number of aromatic hydroxyl groups is 1. The predicted octanol–water partition coefficient (Wildman–Crippen LogP) is 2.39. The van der Waals surface area contributed by atoms with E-state index in [0.29, 0.717) is 31.9 Å². The van der Waals surface area contributed by atoms with Gasteiger partial charge in [-0.3, -0.25) is 9.69 Å². The number of H-pyrrole nitrogens is 1. The minimum Gasteiger partial charge on any atom is -0.504 e. The van der Waals surface area contributed by atoms with Crippen molar-refractivity contribution in [3.8, 4) is 11.5 Å². The van der Waals surface area contributed by atoms with Crippen LogP contribution in [-0.4, -0.2) is 33.1 Å². The first-order chi connectivity index (χ1) is 12.1. The van der Waals surface area contributed by atoms with E-state index in [1.54, 1.807) is 6.07 Å². The second-order valence-corrected chi connectivity index (χ2v) is 6.35. The molecule has 2 aromatic rings. The molecule has 0 radical (unpaired) electrons. The molecule has 134 valence electrons. The third-order valence-corrected chi connectivity index (χ3v) is 4.46. The van der Waals surface area contributed by atoms with Crippen molar-refractivity contribution in [2.45, 2.75) is 46.2 Å². The summed E-state index contributed by atoms with van der Waals surface area (Å²) in [4.78, 5) is 22.0. The first-order valence-electron chi connectivity index (χ1n) is 8.89. The van der Waals surface area contributed by atoms with Gasteiger partial charge in [-0.2, -0.15) is 0 Å². The lowest BCUT2D eigenvalue weighted by molar-refractivity contribution is 0.235. The highest BCUT2D eigenvalue weighted by atomic mass is 16.5. The van der Waals surface area contributed by atoms with Crippen LogP contribution in [-0.2, 0) is 25.9 Å². The molecular weight excluding hydrogens is 318 g/mol. The summed E-state index contributed by atoms with van der Waals surface area (Å²) < 4.78 is 5.45. The minimum atomic E-state index is -0.00529. The van der Waals surface area contributed by atoms with Gasteiger partial charge in [0.2, 0.25) is 0 Å². The average molecular weight is 343 g/mol. The molecule has 0 spiro atoms. The van der Waals surface area contributed by atoms with Gasteiger partial charge in [-0.25, -0.2) is 4.98 Å². The summed E-state index contributed by atoms with van der Waals surface area (Å²) in [5.74, 6) is 1.46. The van der Waals surface area contributed by atoms with Gasteiger partial charge in [0.15, 0.2) is 11.5 Å². The topological polar surface area (TPSA) is 78.5 Å². The number of nitrogens with one attached hydrogen (secondary N) is 1.